The van der Waals surface area contributed by atoms with Gasteiger partial charge in [0.1, 0.15) is 0 Å². The second kappa shape index (κ2) is 4.03. The lowest BCUT2D eigenvalue weighted by molar-refractivity contribution is -0.124. The Balaban J connectivity index is 2.40. The number of nitrogens with one attached hydrogen (secondary N) is 1. The van der Waals surface area contributed by atoms with Crippen LogP contribution in [0.4, 0.5) is 8.78 Å². The molecule has 0 aromatic heterocycles. The molecule has 0 aromatic rings. The molecule has 1 aliphatic rings. The van der Waals surface area contributed by atoms with E-state index >= 15 is 0 Å². The van der Waals surface area contributed by atoms with Crippen molar-refractivity contribution < 1.29 is 13.6 Å². The molecule has 1 amide bonds. The predicted molar refractivity (Wildman–Crippen MR) is 45.6 cm³/mol. The fraction of sp³-hybridized carbons (Fsp3) is 0.889. The molecular weight excluding hydrogens is 176 g/mol. The smallest absolute Gasteiger partial charge is 0.267 e. The van der Waals surface area contributed by atoms with Crippen LogP contribution in [0.5, 0.6) is 0 Å². The van der Waals surface area contributed by atoms with Crippen LogP contribution in [0.15, 0.2) is 0 Å². The second-order valence-corrected chi connectivity index (χ2v) is 3.52. The van der Waals surface area contributed by atoms with Crippen molar-refractivity contribution in [2.75, 3.05) is 0 Å². The summed E-state index contributed by atoms with van der Waals surface area (Å²) < 4.78 is 26.0. The van der Waals surface area contributed by atoms with E-state index in [1.807, 2.05) is 6.92 Å². The van der Waals surface area contributed by atoms with Crippen LogP contribution >= 0.6 is 0 Å². The van der Waals surface area contributed by atoms with Gasteiger partial charge in [0.05, 0.1) is 6.04 Å². The summed E-state index contributed by atoms with van der Waals surface area (Å²) in [4.78, 5) is 11.0. The molecule has 0 bridgehead atoms. The molecule has 76 valence electrons. The number of carbonyl (C=O) groups excluding carboxylic acids is 1. The van der Waals surface area contributed by atoms with E-state index in [2.05, 4.69) is 5.32 Å². The van der Waals surface area contributed by atoms with Gasteiger partial charge >= 0.3 is 0 Å². The highest BCUT2D eigenvalue weighted by molar-refractivity contribution is 5.76. The lowest BCUT2D eigenvalue weighted by Gasteiger charge is -2.19. The molecule has 1 fully saturated rings. The van der Waals surface area contributed by atoms with Gasteiger partial charge in [0.2, 0.25) is 5.91 Å². The molecule has 0 heterocycles. The van der Waals surface area contributed by atoms with Gasteiger partial charge in [-0.2, -0.15) is 0 Å². The number of alkyl halides is 2. The molecule has 1 saturated carbocycles. The lowest BCUT2D eigenvalue weighted by Crippen LogP contribution is -2.43. The zero-order valence-corrected chi connectivity index (χ0v) is 7.78. The lowest BCUT2D eigenvalue weighted by atomic mass is 10.2. The van der Waals surface area contributed by atoms with Crippen molar-refractivity contribution in [2.45, 2.75) is 51.0 Å². The van der Waals surface area contributed by atoms with Crippen LogP contribution in [0.2, 0.25) is 0 Å². The average Bonchev–Trinajstić information content (AvgIpc) is 2.31. The molecule has 0 aromatic carbocycles. The topological polar surface area (TPSA) is 29.1 Å². The third-order valence-corrected chi connectivity index (χ3v) is 2.32. The Bertz CT molecular complexity index is 194. The van der Waals surface area contributed by atoms with Gasteiger partial charge in [0.15, 0.2) is 0 Å². The second-order valence-electron chi connectivity index (χ2n) is 3.52. The van der Waals surface area contributed by atoms with Gasteiger partial charge < -0.3 is 5.32 Å². The number of carbonyl (C=O) groups is 1. The highest BCUT2D eigenvalue weighted by Gasteiger charge is 2.44. The van der Waals surface area contributed by atoms with Crippen molar-refractivity contribution in [3.05, 3.63) is 0 Å². The van der Waals surface area contributed by atoms with Gasteiger partial charge in [0.25, 0.3) is 5.92 Å². The first kappa shape index (κ1) is 10.4. The van der Waals surface area contributed by atoms with Gasteiger partial charge in [-0.05, 0) is 19.3 Å². The van der Waals surface area contributed by atoms with Crippen molar-refractivity contribution >= 4 is 5.91 Å². The largest absolute Gasteiger partial charge is 0.347 e. The molecule has 2 nitrogen and oxygen atoms in total. The minimum atomic E-state index is -2.69. The Labute approximate surface area is 76.7 Å². The van der Waals surface area contributed by atoms with Crippen LogP contribution in [0.25, 0.3) is 0 Å². The summed E-state index contributed by atoms with van der Waals surface area (Å²) in [7, 11) is 0. The monoisotopic (exact) mass is 191 g/mol. The van der Waals surface area contributed by atoms with Gasteiger partial charge in [-0.3, -0.25) is 4.79 Å². The maximum absolute atomic E-state index is 13.0. The van der Waals surface area contributed by atoms with E-state index in [1.54, 1.807) is 0 Å². The highest BCUT2D eigenvalue weighted by atomic mass is 19.3. The van der Waals surface area contributed by atoms with Gasteiger partial charge in [-0.1, -0.05) is 6.92 Å². The molecule has 13 heavy (non-hydrogen) atoms. The highest BCUT2D eigenvalue weighted by Crippen LogP contribution is 2.34. The Morgan fingerprint density at radius 1 is 1.62 bits per heavy atom. The van der Waals surface area contributed by atoms with Gasteiger partial charge in [-0.25, -0.2) is 8.78 Å². The Morgan fingerprint density at radius 3 is 2.77 bits per heavy atom. The SMILES string of the molecule is CCCC(=O)NC1CCCC1(F)F. The fourth-order valence-electron chi connectivity index (χ4n) is 1.60. The number of hydrogen-bond acceptors (Lipinski definition) is 1. The minimum absolute atomic E-state index is 0.0932. The third-order valence-electron chi connectivity index (χ3n) is 2.32. The van der Waals surface area contributed by atoms with Crippen molar-refractivity contribution in [1.29, 1.82) is 0 Å². The molecule has 1 rings (SSSR count). The van der Waals surface area contributed by atoms with E-state index in [0.717, 1.165) is 0 Å². The van der Waals surface area contributed by atoms with Crippen molar-refractivity contribution in [3.63, 3.8) is 0 Å². The van der Waals surface area contributed by atoms with Crippen molar-refractivity contribution in [1.82, 2.24) is 5.32 Å². The van der Waals surface area contributed by atoms with Crippen LogP contribution in [0.3, 0.4) is 0 Å². The molecule has 1 atom stereocenters. The first-order valence-corrected chi connectivity index (χ1v) is 4.73. The Kier molecular flexibility index (Phi) is 3.22. The van der Waals surface area contributed by atoms with E-state index in [4.69, 9.17) is 0 Å². The first-order chi connectivity index (χ1) is 6.06. The predicted octanol–water partition coefficient (Wildman–Crippen LogP) is 2.09. The summed E-state index contributed by atoms with van der Waals surface area (Å²) in [5, 5.41) is 2.38. The van der Waals surface area contributed by atoms with Crippen LogP contribution in [-0.4, -0.2) is 17.9 Å². The number of rotatable bonds is 3. The van der Waals surface area contributed by atoms with E-state index in [1.165, 1.54) is 0 Å². The van der Waals surface area contributed by atoms with Crippen molar-refractivity contribution in [3.8, 4) is 0 Å². The van der Waals surface area contributed by atoms with Gasteiger partial charge in [0, 0.05) is 12.8 Å². The standard InChI is InChI=1S/C9H15F2NO/c1-2-4-8(13)12-7-5-3-6-9(7,10)11/h7H,2-6H2,1H3,(H,12,13). The summed E-state index contributed by atoms with van der Waals surface area (Å²) in [6.45, 7) is 1.85. The zero-order valence-electron chi connectivity index (χ0n) is 7.78. The Hall–Kier alpha value is -0.670. The van der Waals surface area contributed by atoms with Crippen LogP contribution < -0.4 is 5.32 Å². The summed E-state index contributed by atoms with van der Waals surface area (Å²) in [5.41, 5.74) is 0. The van der Waals surface area contributed by atoms with E-state index in [0.29, 0.717) is 25.7 Å². The Morgan fingerprint density at radius 2 is 2.31 bits per heavy atom. The quantitative estimate of drug-likeness (QED) is 0.727. The zero-order chi connectivity index (χ0) is 9.90. The first-order valence-electron chi connectivity index (χ1n) is 4.73. The summed E-state index contributed by atoms with van der Waals surface area (Å²) in [6, 6.07) is -0.924. The molecule has 0 aliphatic heterocycles. The van der Waals surface area contributed by atoms with Crippen molar-refractivity contribution in [2.24, 2.45) is 0 Å². The maximum atomic E-state index is 13.0. The molecule has 1 unspecified atom stereocenters. The number of halogens is 2. The molecule has 1 aliphatic carbocycles. The minimum Gasteiger partial charge on any atom is -0.347 e. The van der Waals surface area contributed by atoms with E-state index in [-0.39, 0.29) is 12.3 Å². The molecule has 1 N–H and O–H groups in total. The maximum Gasteiger partial charge on any atom is 0.267 e. The normalized spacial score (nSPS) is 25.9. The number of amides is 1. The third kappa shape index (κ3) is 2.64. The van der Waals surface area contributed by atoms with E-state index in [9.17, 15) is 13.6 Å². The molecular formula is C9H15F2NO. The summed E-state index contributed by atoms with van der Waals surface area (Å²) in [5.74, 6) is -2.95. The van der Waals surface area contributed by atoms with Gasteiger partial charge in [-0.15, -0.1) is 0 Å². The van der Waals surface area contributed by atoms with E-state index < -0.39 is 12.0 Å². The van der Waals surface area contributed by atoms with Crippen LogP contribution in [0, 0.1) is 0 Å². The van der Waals surface area contributed by atoms with Crippen LogP contribution in [0.1, 0.15) is 39.0 Å². The molecule has 0 spiro atoms. The summed E-state index contributed by atoms with van der Waals surface area (Å²) >= 11 is 0. The van der Waals surface area contributed by atoms with Crippen LogP contribution in [-0.2, 0) is 4.79 Å². The molecule has 4 heteroatoms. The molecule has 0 saturated heterocycles. The summed E-state index contributed by atoms with van der Waals surface area (Å²) in [6.07, 6.45) is 1.85. The fourth-order valence-corrected chi connectivity index (χ4v) is 1.60. The molecule has 0 radical (unpaired) electrons. The number of hydrogen-bond donors (Lipinski definition) is 1. The average molecular weight is 191 g/mol.